The second-order valence-electron chi connectivity index (χ2n) is 4.79. The minimum absolute atomic E-state index is 0.467. The van der Waals surface area contributed by atoms with E-state index in [1.54, 1.807) is 12.4 Å². The molecule has 3 aromatic rings. The number of benzene rings is 1. The van der Waals surface area contributed by atoms with E-state index in [4.69, 9.17) is 16.3 Å². The average Bonchev–Trinajstić information content (AvgIpc) is 2.69. The van der Waals surface area contributed by atoms with Gasteiger partial charge in [-0.3, -0.25) is 4.98 Å². The van der Waals surface area contributed by atoms with Crippen LogP contribution in [0.15, 0.2) is 48.8 Å². The summed E-state index contributed by atoms with van der Waals surface area (Å²) in [5.41, 5.74) is 1.70. The zero-order chi connectivity index (χ0) is 18.5. The summed E-state index contributed by atoms with van der Waals surface area (Å²) in [5, 5.41) is 1.33. The van der Waals surface area contributed by atoms with Crippen LogP contribution >= 0.6 is 11.6 Å². The zero-order valence-corrected chi connectivity index (χ0v) is 16.1. The Hall–Kier alpha value is -2.04. The Labute approximate surface area is 155 Å². The number of rotatable bonds is 4. The van der Waals surface area contributed by atoms with Gasteiger partial charge in [0.15, 0.2) is 5.82 Å². The first-order chi connectivity index (χ1) is 12.3. The van der Waals surface area contributed by atoms with Gasteiger partial charge < -0.3 is 4.74 Å². The Bertz CT molecular complexity index is 731. The molecule has 5 heteroatoms. The van der Waals surface area contributed by atoms with Crippen LogP contribution in [0.25, 0.3) is 22.3 Å². The lowest BCUT2D eigenvalue weighted by Gasteiger charge is -2.03. The van der Waals surface area contributed by atoms with Crippen molar-refractivity contribution in [1.82, 2.24) is 15.0 Å². The number of hydrogen-bond donors (Lipinski definition) is 0. The number of pyridine rings is 1. The van der Waals surface area contributed by atoms with Crippen molar-refractivity contribution in [2.75, 3.05) is 13.2 Å². The lowest BCUT2D eigenvalue weighted by molar-refractivity contribution is 0.148. The molecule has 0 atom stereocenters. The minimum Gasteiger partial charge on any atom is -0.382 e. The van der Waals surface area contributed by atoms with E-state index in [1.165, 1.54) is 0 Å². The summed E-state index contributed by atoms with van der Waals surface area (Å²) in [7, 11) is 0. The molecule has 0 unspecified atom stereocenters. The Morgan fingerprint density at radius 3 is 2.36 bits per heavy atom. The second-order valence-corrected chi connectivity index (χ2v) is 5.15. The highest BCUT2D eigenvalue weighted by Crippen LogP contribution is 2.23. The largest absolute Gasteiger partial charge is 0.382 e. The lowest BCUT2D eigenvalue weighted by atomic mass is 10.2. The molecular weight excluding hydrogens is 334 g/mol. The van der Waals surface area contributed by atoms with Crippen molar-refractivity contribution in [3.8, 4) is 11.4 Å². The third-order valence-corrected chi connectivity index (χ3v) is 3.32. The van der Waals surface area contributed by atoms with Crippen molar-refractivity contribution in [3.05, 3.63) is 53.9 Å². The molecular formula is C20H26ClN3O. The quantitative estimate of drug-likeness (QED) is 0.436. The van der Waals surface area contributed by atoms with Crippen molar-refractivity contribution in [2.45, 2.75) is 34.1 Å². The van der Waals surface area contributed by atoms with Crippen LogP contribution in [-0.4, -0.2) is 28.2 Å². The van der Waals surface area contributed by atoms with Crippen LogP contribution < -0.4 is 0 Å². The van der Waals surface area contributed by atoms with E-state index in [0.717, 1.165) is 36.1 Å². The first kappa shape index (κ1) is 21.0. The summed E-state index contributed by atoms with van der Waals surface area (Å²) in [6.45, 7) is 9.88. The molecule has 0 saturated heterocycles. The molecule has 3 rings (SSSR count). The minimum atomic E-state index is 0.467. The highest BCUT2D eigenvalue weighted by Gasteiger charge is 2.06. The van der Waals surface area contributed by atoms with Gasteiger partial charge in [-0.15, -0.1) is 0 Å². The Morgan fingerprint density at radius 1 is 1.00 bits per heavy atom. The molecule has 2 heterocycles. The van der Waals surface area contributed by atoms with Gasteiger partial charge in [0.1, 0.15) is 5.15 Å². The number of fused-ring (bicyclic) bond motifs is 1. The summed E-state index contributed by atoms with van der Waals surface area (Å²) in [6, 6.07) is 11.4. The normalized spacial score (nSPS) is 9.64. The maximum Gasteiger partial charge on any atom is 0.163 e. The molecule has 4 nitrogen and oxygen atoms in total. The highest BCUT2D eigenvalue weighted by molar-refractivity contribution is 6.34. The molecule has 1 aromatic carbocycles. The van der Waals surface area contributed by atoms with E-state index in [-0.39, 0.29) is 0 Å². The third kappa shape index (κ3) is 6.77. The Morgan fingerprint density at radius 2 is 1.76 bits per heavy atom. The summed E-state index contributed by atoms with van der Waals surface area (Å²) in [4.78, 5) is 12.8. The van der Waals surface area contributed by atoms with Crippen molar-refractivity contribution < 1.29 is 4.74 Å². The number of ether oxygens (including phenoxy) is 1. The van der Waals surface area contributed by atoms with Crippen molar-refractivity contribution in [3.63, 3.8) is 0 Å². The number of halogens is 1. The molecule has 0 aliphatic heterocycles. The SMILES string of the molecule is CC.CCCOCC.Clc1nc(-c2cccnc2)nc2ccccc12. The van der Waals surface area contributed by atoms with Crippen LogP contribution in [0.2, 0.25) is 5.15 Å². The molecule has 0 aliphatic rings. The molecule has 134 valence electrons. The first-order valence-electron chi connectivity index (χ1n) is 8.66. The van der Waals surface area contributed by atoms with Crippen LogP contribution in [0.4, 0.5) is 0 Å². The van der Waals surface area contributed by atoms with Gasteiger partial charge in [-0.1, -0.05) is 44.5 Å². The fourth-order valence-electron chi connectivity index (χ4n) is 1.95. The van der Waals surface area contributed by atoms with Crippen molar-refractivity contribution >= 4 is 22.5 Å². The van der Waals surface area contributed by atoms with Gasteiger partial charge >= 0.3 is 0 Å². The lowest BCUT2D eigenvalue weighted by Crippen LogP contribution is -1.91. The van der Waals surface area contributed by atoms with E-state index in [9.17, 15) is 0 Å². The summed E-state index contributed by atoms with van der Waals surface area (Å²) >= 11 is 6.14. The first-order valence-corrected chi connectivity index (χ1v) is 9.04. The van der Waals surface area contributed by atoms with E-state index in [1.807, 2.05) is 57.2 Å². The van der Waals surface area contributed by atoms with Gasteiger partial charge in [0.05, 0.1) is 5.52 Å². The third-order valence-electron chi connectivity index (χ3n) is 3.03. The summed E-state index contributed by atoms with van der Waals surface area (Å²) < 4.78 is 4.98. The molecule has 0 N–H and O–H groups in total. The Kier molecular flexibility index (Phi) is 10.4. The molecule has 0 bridgehead atoms. The maximum atomic E-state index is 6.14. The van der Waals surface area contributed by atoms with E-state index < -0.39 is 0 Å². The molecule has 0 amide bonds. The van der Waals surface area contributed by atoms with Gasteiger partial charge in [0, 0.05) is 36.6 Å². The van der Waals surface area contributed by atoms with Crippen LogP contribution in [0.1, 0.15) is 34.1 Å². The fourth-order valence-corrected chi connectivity index (χ4v) is 2.19. The maximum absolute atomic E-state index is 6.14. The number of para-hydroxylation sites is 1. The van der Waals surface area contributed by atoms with Gasteiger partial charge in [0.2, 0.25) is 0 Å². The second kappa shape index (κ2) is 12.3. The van der Waals surface area contributed by atoms with Gasteiger partial charge in [-0.05, 0) is 37.6 Å². The van der Waals surface area contributed by atoms with Crippen molar-refractivity contribution in [1.29, 1.82) is 0 Å². The molecule has 0 fully saturated rings. The Balaban J connectivity index is 0.000000335. The fraction of sp³-hybridized carbons (Fsp3) is 0.350. The predicted molar refractivity (Wildman–Crippen MR) is 106 cm³/mol. The molecule has 0 aliphatic carbocycles. The highest BCUT2D eigenvalue weighted by atomic mass is 35.5. The topological polar surface area (TPSA) is 47.9 Å². The zero-order valence-electron chi connectivity index (χ0n) is 15.4. The van der Waals surface area contributed by atoms with Crippen LogP contribution in [0.5, 0.6) is 0 Å². The molecule has 2 aromatic heterocycles. The van der Waals surface area contributed by atoms with E-state index >= 15 is 0 Å². The average molecular weight is 360 g/mol. The van der Waals surface area contributed by atoms with Crippen molar-refractivity contribution in [2.24, 2.45) is 0 Å². The molecule has 0 saturated carbocycles. The van der Waals surface area contributed by atoms with E-state index in [2.05, 4.69) is 21.9 Å². The van der Waals surface area contributed by atoms with Gasteiger partial charge in [0.25, 0.3) is 0 Å². The smallest absolute Gasteiger partial charge is 0.163 e. The van der Waals surface area contributed by atoms with E-state index in [0.29, 0.717) is 11.0 Å². The predicted octanol–water partition coefficient (Wildman–Crippen LogP) is 5.80. The van der Waals surface area contributed by atoms with Crippen LogP contribution in [0, 0.1) is 0 Å². The summed E-state index contributed by atoms with van der Waals surface area (Å²) in [5.74, 6) is 0.599. The number of nitrogens with zero attached hydrogens (tertiary/aromatic N) is 3. The molecule has 0 radical (unpaired) electrons. The van der Waals surface area contributed by atoms with Crippen LogP contribution in [0.3, 0.4) is 0 Å². The van der Waals surface area contributed by atoms with Gasteiger partial charge in [-0.25, -0.2) is 9.97 Å². The number of aromatic nitrogens is 3. The molecule has 25 heavy (non-hydrogen) atoms. The van der Waals surface area contributed by atoms with Gasteiger partial charge in [-0.2, -0.15) is 0 Å². The standard InChI is InChI=1S/C13H8ClN3.C5H12O.C2H6/c14-12-10-5-1-2-6-11(10)16-13(17-12)9-4-3-7-15-8-9;1-3-5-6-4-2;1-2/h1-8H;3-5H2,1-2H3;1-2H3. The monoisotopic (exact) mass is 359 g/mol. The molecule has 0 spiro atoms. The van der Waals surface area contributed by atoms with Crippen LogP contribution in [-0.2, 0) is 4.74 Å². The number of hydrogen-bond acceptors (Lipinski definition) is 4. The summed E-state index contributed by atoms with van der Waals surface area (Å²) in [6.07, 6.45) is 4.57.